The summed E-state index contributed by atoms with van der Waals surface area (Å²) in [7, 11) is -3.09. The van der Waals surface area contributed by atoms with Gasteiger partial charge in [0.2, 0.25) is 0 Å². The highest BCUT2D eigenvalue weighted by Crippen LogP contribution is 2.29. The maximum Gasteiger partial charge on any atom is 0.153 e. The summed E-state index contributed by atoms with van der Waals surface area (Å²) in [6.45, 7) is 7.68. The van der Waals surface area contributed by atoms with Crippen molar-refractivity contribution in [2.75, 3.05) is 6.26 Å². The third-order valence-corrected chi connectivity index (χ3v) is 7.66. The number of benzene rings is 1. The van der Waals surface area contributed by atoms with E-state index in [1.807, 2.05) is 0 Å². The first-order valence-corrected chi connectivity index (χ1v) is 8.76. The number of hydrogen-bond acceptors (Lipinski definition) is 2. The molecule has 0 heterocycles. The lowest BCUT2D eigenvalue weighted by atomic mass is 9.99. The van der Waals surface area contributed by atoms with Gasteiger partial charge in [0.05, 0.1) is 4.75 Å². The Bertz CT molecular complexity index is 533. The predicted octanol–water partition coefficient (Wildman–Crippen LogP) is 3.43. The van der Waals surface area contributed by atoms with E-state index in [9.17, 15) is 8.42 Å². The van der Waals surface area contributed by atoms with E-state index in [0.29, 0.717) is 6.42 Å². The molecule has 0 amide bonds. The molecule has 4 heteroatoms. The van der Waals surface area contributed by atoms with Crippen molar-refractivity contribution >= 4 is 25.8 Å². The zero-order valence-corrected chi connectivity index (χ0v) is 14.0. The van der Waals surface area contributed by atoms with Gasteiger partial charge in [0.1, 0.15) is 0 Å². The third kappa shape index (κ3) is 3.35. The fourth-order valence-electron chi connectivity index (χ4n) is 1.62. The number of rotatable bonds is 4. The van der Waals surface area contributed by atoms with Crippen LogP contribution in [0.1, 0.15) is 30.5 Å². The average molecular weight is 333 g/mol. The van der Waals surface area contributed by atoms with E-state index in [-0.39, 0.29) is 4.83 Å². The van der Waals surface area contributed by atoms with Gasteiger partial charge in [-0.3, -0.25) is 0 Å². The van der Waals surface area contributed by atoms with Gasteiger partial charge in [-0.25, -0.2) is 8.42 Å². The molecule has 2 nitrogen and oxygen atoms in total. The molecule has 1 aromatic carbocycles. The summed E-state index contributed by atoms with van der Waals surface area (Å²) in [4.78, 5) is -0.0953. The van der Waals surface area contributed by atoms with Crippen LogP contribution >= 0.6 is 15.9 Å². The molecule has 18 heavy (non-hydrogen) atoms. The molecule has 0 fully saturated rings. The van der Waals surface area contributed by atoms with E-state index < -0.39 is 14.6 Å². The van der Waals surface area contributed by atoms with Crippen LogP contribution < -0.4 is 0 Å². The zero-order valence-electron chi connectivity index (χ0n) is 11.6. The topological polar surface area (TPSA) is 34.1 Å². The number of sulfone groups is 1. The molecule has 0 aliphatic rings. The minimum absolute atomic E-state index is 0.0953. The highest BCUT2D eigenvalue weighted by Gasteiger charge is 2.37. The summed E-state index contributed by atoms with van der Waals surface area (Å²) < 4.78 is 22.8. The molecule has 0 radical (unpaired) electrons. The molecule has 1 atom stereocenters. The fraction of sp³-hybridized carbons (Fsp3) is 0.571. The van der Waals surface area contributed by atoms with Crippen molar-refractivity contribution < 1.29 is 8.42 Å². The van der Waals surface area contributed by atoms with Gasteiger partial charge in [-0.2, -0.15) is 0 Å². The molecule has 0 bridgehead atoms. The van der Waals surface area contributed by atoms with Gasteiger partial charge in [-0.15, -0.1) is 0 Å². The Labute approximate surface area is 119 Å². The molecule has 0 aromatic heterocycles. The monoisotopic (exact) mass is 332 g/mol. The fourth-order valence-corrected chi connectivity index (χ4v) is 3.56. The van der Waals surface area contributed by atoms with Gasteiger partial charge in [0.15, 0.2) is 9.84 Å². The first kappa shape index (κ1) is 15.7. The molecule has 0 aliphatic heterocycles. The molecule has 0 spiro atoms. The highest BCUT2D eigenvalue weighted by atomic mass is 79.9. The zero-order chi connectivity index (χ0) is 14.1. The molecule has 0 aliphatic carbocycles. The molecule has 0 N–H and O–H groups in total. The van der Waals surface area contributed by atoms with Gasteiger partial charge in [-0.05, 0) is 50.8 Å². The summed E-state index contributed by atoms with van der Waals surface area (Å²) in [6.07, 6.45) is 2.00. The van der Waals surface area contributed by atoms with E-state index in [2.05, 4.69) is 48.0 Å². The Morgan fingerprint density at radius 1 is 1.22 bits per heavy atom. The van der Waals surface area contributed by atoms with E-state index >= 15 is 0 Å². The summed E-state index contributed by atoms with van der Waals surface area (Å²) in [5.74, 6) is 0. The van der Waals surface area contributed by atoms with E-state index in [1.165, 1.54) is 17.4 Å². The maximum atomic E-state index is 11.8. The second-order valence-electron chi connectivity index (χ2n) is 5.47. The summed E-state index contributed by atoms with van der Waals surface area (Å²) in [5.41, 5.74) is 3.66. The van der Waals surface area contributed by atoms with Gasteiger partial charge in [-0.1, -0.05) is 34.1 Å². The number of hydrogen-bond donors (Lipinski definition) is 0. The van der Waals surface area contributed by atoms with Gasteiger partial charge < -0.3 is 0 Å². The van der Waals surface area contributed by atoms with Crippen LogP contribution in [0.4, 0.5) is 0 Å². The van der Waals surface area contributed by atoms with E-state index in [1.54, 1.807) is 13.8 Å². The number of aryl methyl sites for hydroxylation is 2. The molecule has 0 saturated heterocycles. The lowest BCUT2D eigenvalue weighted by molar-refractivity contribution is 0.542. The molecule has 0 saturated carbocycles. The lowest BCUT2D eigenvalue weighted by Gasteiger charge is -2.28. The summed E-state index contributed by atoms with van der Waals surface area (Å²) >= 11 is 3.54. The van der Waals surface area contributed by atoms with Crippen LogP contribution in [0.2, 0.25) is 0 Å². The molecular weight excluding hydrogens is 312 g/mol. The van der Waals surface area contributed by atoms with Crippen LogP contribution in [0.25, 0.3) is 0 Å². The highest BCUT2D eigenvalue weighted by molar-refractivity contribution is 9.09. The number of halogens is 1. The van der Waals surface area contributed by atoms with Crippen LogP contribution in [-0.2, 0) is 16.3 Å². The largest absolute Gasteiger partial charge is 0.229 e. The Kier molecular flexibility index (Phi) is 4.65. The van der Waals surface area contributed by atoms with Crippen LogP contribution in [0.15, 0.2) is 18.2 Å². The average Bonchev–Trinajstić information content (AvgIpc) is 2.21. The van der Waals surface area contributed by atoms with E-state index in [4.69, 9.17) is 0 Å². The van der Waals surface area contributed by atoms with Crippen molar-refractivity contribution in [1.82, 2.24) is 0 Å². The minimum Gasteiger partial charge on any atom is -0.229 e. The standard InChI is InChI=1S/C14H21BrO2S/c1-10-6-7-12(8-11(10)2)9-13(15)14(3,4)18(5,16)17/h6-8,13H,9H2,1-5H3. The van der Waals surface area contributed by atoms with Crippen LogP contribution in [0.3, 0.4) is 0 Å². The Balaban J connectivity index is 2.94. The van der Waals surface area contributed by atoms with Crippen LogP contribution in [0, 0.1) is 13.8 Å². The Morgan fingerprint density at radius 3 is 2.22 bits per heavy atom. The quantitative estimate of drug-likeness (QED) is 0.791. The first-order chi connectivity index (χ1) is 8.05. The smallest absolute Gasteiger partial charge is 0.153 e. The van der Waals surface area contributed by atoms with Crippen molar-refractivity contribution in [3.05, 3.63) is 34.9 Å². The molecule has 1 unspecified atom stereocenters. The molecule has 1 rings (SSSR count). The lowest BCUT2D eigenvalue weighted by Crippen LogP contribution is -2.41. The van der Waals surface area contributed by atoms with Crippen molar-refractivity contribution in [2.24, 2.45) is 0 Å². The molecular formula is C14H21BrO2S. The second kappa shape index (κ2) is 5.33. The SMILES string of the molecule is Cc1ccc(CC(Br)C(C)(C)S(C)(=O)=O)cc1C. The minimum atomic E-state index is -3.09. The normalized spacial score (nSPS) is 14.6. The van der Waals surface area contributed by atoms with E-state index in [0.717, 1.165) is 5.56 Å². The van der Waals surface area contributed by atoms with Crippen LogP contribution in [0.5, 0.6) is 0 Å². The Hall–Kier alpha value is -0.350. The van der Waals surface area contributed by atoms with Gasteiger partial charge in [0, 0.05) is 11.1 Å². The predicted molar refractivity (Wildman–Crippen MR) is 81.3 cm³/mol. The summed E-state index contributed by atoms with van der Waals surface area (Å²) in [5, 5.41) is 0. The van der Waals surface area contributed by atoms with Crippen molar-refractivity contribution in [1.29, 1.82) is 0 Å². The van der Waals surface area contributed by atoms with Gasteiger partial charge >= 0.3 is 0 Å². The maximum absolute atomic E-state index is 11.8. The Morgan fingerprint density at radius 2 is 1.78 bits per heavy atom. The first-order valence-electron chi connectivity index (χ1n) is 5.95. The second-order valence-corrected chi connectivity index (χ2v) is 9.17. The summed E-state index contributed by atoms with van der Waals surface area (Å²) in [6, 6.07) is 6.27. The molecule has 1 aromatic rings. The number of alkyl halides is 1. The molecule has 102 valence electrons. The van der Waals surface area contributed by atoms with Crippen molar-refractivity contribution in [2.45, 2.75) is 43.7 Å². The van der Waals surface area contributed by atoms with Crippen molar-refractivity contribution in [3.63, 3.8) is 0 Å². The third-order valence-electron chi connectivity index (χ3n) is 3.70. The van der Waals surface area contributed by atoms with Crippen molar-refractivity contribution in [3.8, 4) is 0 Å². The van der Waals surface area contributed by atoms with Crippen LogP contribution in [-0.4, -0.2) is 24.2 Å². The van der Waals surface area contributed by atoms with Gasteiger partial charge in [0.25, 0.3) is 0 Å².